The van der Waals surface area contributed by atoms with Crippen LogP contribution in [0.3, 0.4) is 0 Å². The van der Waals surface area contributed by atoms with Crippen LogP contribution >= 0.6 is 11.6 Å². The molecule has 2 rings (SSSR count). The van der Waals surface area contributed by atoms with Gasteiger partial charge in [-0.05, 0) is 19.1 Å². The Morgan fingerprint density at radius 1 is 1.40 bits per heavy atom. The summed E-state index contributed by atoms with van der Waals surface area (Å²) in [7, 11) is 0. The monoisotopic (exact) mass is 223 g/mol. The van der Waals surface area contributed by atoms with Gasteiger partial charge < -0.3 is 5.11 Å². The predicted molar refractivity (Wildman–Crippen MR) is 57.0 cm³/mol. The fraction of sp³-hybridized carbons (Fsp3) is 0.200. The first-order chi connectivity index (χ1) is 7.24. The molecule has 0 atom stereocenters. The summed E-state index contributed by atoms with van der Waals surface area (Å²) in [6.07, 6.45) is 3.34. The van der Waals surface area contributed by atoms with Crippen molar-refractivity contribution in [2.45, 2.75) is 13.5 Å². The largest absolute Gasteiger partial charge is 0.391 e. The highest BCUT2D eigenvalue weighted by atomic mass is 35.5. The van der Waals surface area contributed by atoms with Crippen LogP contribution in [-0.2, 0) is 6.61 Å². The van der Waals surface area contributed by atoms with E-state index in [4.69, 9.17) is 16.7 Å². The van der Waals surface area contributed by atoms with Crippen molar-refractivity contribution in [2.24, 2.45) is 0 Å². The lowest BCUT2D eigenvalue weighted by Crippen LogP contribution is -1.96. The summed E-state index contributed by atoms with van der Waals surface area (Å²) in [4.78, 5) is 3.92. The van der Waals surface area contributed by atoms with Gasteiger partial charge in [-0.1, -0.05) is 11.6 Å². The second kappa shape index (κ2) is 4.00. The molecule has 0 saturated heterocycles. The Kier molecular flexibility index (Phi) is 2.70. The Morgan fingerprint density at radius 2 is 2.07 bits per heavy atom. The molecule has 78 valence electrons. The summed E-state index contributed by atoms with van der Waals surface area (Å²) in [6, 6.07) is 3.61. The minimum Gasteiger partial charge on any atom is -0.391 e. The topological polar surface area (TPSA) is 50.9 Å². The summed E-state index contributed by atoms with van der Waals surface area (Å²) in [5.41, 5.74) is 2.23. The summed E-state index contributed by atoms with van der Waals surface area (Å²) in [6.45, 7) is 1.71. The Bertz CT molecular complexity index is 467. The summed E-state index contributed by atoms with van der Waals surface area (Å²) < 4.78 is 1.59. The summed E-state index contributed by atoms with van der Waals surface area (Å²) in [5.74, 6) is 0. The second-order valence-corrected chi connectivity index (χ2v) is 3.49. The van der Waals surface area contributed by atoms with Crippen molar-refractivity contribution >= 4 is 11.6 Å². The van der Waals surface area contributed by atoms with Crippen molar-refractivity contribution in [3.05, 3.63) is 40.9 Å². The van der Waals surface area contributed by atoms with Crippen molar-refractivity contribution in [2.75, 3.05) is 0 Å². The van der Waals surface area contributed by atoms with E-state index < -0.39 is 0 Å². The Labute approximate surface area is 92.1 Å². The molecule has 2 heterocycles. The minimum absolute atomic E-state index is 0.101. The van der Waals surface area contributed by atoms with E-state index in [0.717, 1.165) is 11.4 Å². The second-order valence-electron chi connectivity index (χ2n) is 3.13. The molecule has 0 spiro atoms. The molecule has 0 bridgehead atoms. The maximum Gasteiger partial charge on any atom is 0.138 e. The number of nitrogens with zero attached hydrogens (tertiary/aromatic N) is 3. The quantitative estimate of drug-likeness (QED) is 0.844. The highest BCUT2D eigenvalue weighted by Crippen LogP contribution is 2.22. The molecule has 0 fully saturated rings. The summed E-state index contributed by atoms with van der Waals surface area (Å²) >= 11 is 6.08. The fourth-order valence-corrected chi connectivity index (χ4v) is 1.70. The van der Waals surface area contributed by atoms with E-state index in [0.29, 0.717) is 10.7 Å². The number of aromatic nitrogens is 3. The lowest BCUT2D eigenvalue weighted by atomic mass is 10.3. The normalized spacial score (nSPS) is 10.6. The number of halogens is 1. The van der Waals surface area contributed by atoms with Gasteiger partial charge in [-0.2, -0.15) is 5.10 Å². The number of rotatable bonds is 2. The SMILES string of the molecule is Cc1nn(-c2ccncc2)c(Cl)c1CO. The van der Waals surface area contributed by atoms with Gasteiger partial charge in [0.25, 0.3) is 0 Å². The zero-order chi connectivity index (χ0) is 10.8. The molecule has 0 saturated carbocycles. The molecule has 0 aliphatic rings. The van der Waals surface area contributed by atoms with E-state index in [-0.39, 0.29) is 6.61 Å². The van der Waals surface area contributed by atoms with Gasteiger partial charge in [0.15, 0.2) is 0 Å². The molecular formula is C10H10ClN3O. The smallest absolute Gasteiger partial charge is 0.138 e. The zero-order valence-electron chi connectivity index (χ0n) is 8.18. The molecule has 0 amide bonds. The number of hydrogen-bond acceptors (Lipinski definition) is 3. The lowest BCUT2D eigenvalue weighted by molar-refractivity contribution is 0.281. The van der Waals surface area contributed by atoms with Gasteiger partial charge in [0.05, 0.1) is 18.0 Å². The molecule has 0 radical (unpaired) electrons. The lowest BCUT2D eigenvalue weighted by Gasteiger charge is -2.01. The van der Waals surface area contributed by atoms with Gasteiger partial charge in [-0.15, -0.1) is 0 Å². The van der Waals surface area contributed by atoms with Crippen molar-refractivity contribution < 1.29 is 5.11 Å². The van der Waals surface area contributed by atoms with Crippen LogP contribution in [0.2, 0.25) is 5.15 Å². The Balaban J connectivity index is 2.55. The number of aryl methyl sites for hydroxylation is 1. The average Bonchev–Trinajstić information content (AvgIpc) is 2.55. The number of pyridine rings is 1. The number of hydrogen-bond donors (Lipinski definition) is 1. The first-order valence-corrected chi connectivity index (χ1v) is 4.87. The Morgan fingerprint density at radius 3 is 2.60 bits per heavy atom. The van der Waals surface area contributed by atoms with E-state index in [1.54, 1.807) is 29.2 Å². The molecule has 0 aliphatic carbocycles. The third-order valence-electron chi connectivity index (χ3n) is 2.19. The van der Waals surface area contributed by atoms with Crippen LogP contribution in [0.4, 0.5) is 0 Å². The molecular weight excluding hydrogens is 214 g/mol. The predicted octanol–water partition coefficient (Wildman–Crippen LogP) is 1.72. The molecule has 1 N–H and O–H groups in total. The van der Waals surface area contributed by atoms with Crippen LogP contribution in [0.25, 0.3) is 5.69 Å². The minimum atomic E-state index is -0.101. The first kappa shape index (κ1) is 10.1. The fourth-order valence-electron chi connectivity index (χ4n) is 1.37. The molecule has 15 heavy (non-hydrogen) atoms. The summed E-state index contributed by atoms with van der Waals surface area (Å²) in [5, 5.41) is 13.8. The first-order valence-electron chi connectivity index (χ1n) is 4.49. The molecule has 0 aliphatic heterocycles. The highest BCUT2D eigenvalue weighted by Gasteiger charge is 2.13. The van der Waals surface area contributed by atoms with E-state index in [1.807, 2.05) is 6.92 Å². The van der Waals surface area contributed by atoms with Crippen molar-refractivity contribution in [1.29, 1.82) is 0 Å². The molecule has 2 aromatic rings. The number of aliphatic hydroxyl groups is 1. The average molecular weight is 224 g/mol. The van der Waals surface area contributed by atoms with Gasteiger partial charge in [-0.3, -0.25) is 4.98 Å². The molecule has 0 unspecified atom stereocenters. The Hall–Kier alpha value is -1.39. The van der Waals surface area contributed by atoms with Crippen molar-refractivity contribution in [3.8, 4) is 5.69 Å². The van der Waals surface area contributed by atoms with Crippen LogP contribution < -0.4 is 0 Å². The molecule has 0 aromatic carbocycles. The van der Waals surface area contributed by atoms with E-state index in [1.165, 1.54) is 0 Å². The maximum atomic E-state index is 9.11. The van der Waals surface area contributed by atoms with Gasteiger partial charge in [-0.25, -0.2) is 4.68 Å². The standard InChI is InChI=1S/C10H10ClN3O/c1-7-9(6-15)10(11)14(13-7)8-2-4-12-5-3-8/h2-5,15H,6H2,1H3. The van der Waals surface area contributed by atoms with Crippen LogP contribution in [-0.4, -0.2) is 19.9 Å². The van der Waals surface area contributed by atoms with Gasteiger partial charge in [0.2, 0.25) is 0 Å². The van der Waals surface area contributed by atoms with Gasteiger partial charge >= 0.3 is 0 Å². The molecule has 2 aromatic heterocycles. The molecule has 5 heteroatoms. The van der Waals surface area contributed by atoms with Crippen LogP contribution in [0.15, 0.2) is 24.5 Å². The molecule has 4 nitrogen and oxygen atoms in total. The zero-order valence-corrected chi connectivity index (χ0v) is 8.94. The number of aliphatic hydroxyl groups excluding tert-OH is 1. The third-order valence-corrected chi connectivity index (χ3v) is 2.58. The van der Waals surface area contributed by atoms with Crippen LogP contribution in [0, 0.1) is 6.92 Å². The van der Waals surface area contributed by atoms with E-state index >= 15 is 0 Å². The van der Waals surface area contributed by atoms with E-state index in [9.17, 15) is 0 Å². The van der Waals surface area contributed by atoms with Crippen LogP contribution in [0.5, 0.6) is 0 Å². The van der Waals surface area contributed by atoms with Gasteiger partial charge in [0.1, 0.15) is 5.15 Å². The third kappa shape index (κ3) is 1.73. The van der Waals surface area contributed by atoms with Crippen molar-refractivity contribution in [3.63, 3.8) is 0 Å². The maximum absolute atomic E-state index is 9.11. The van der Waals surface area contributed by atoms with Crippen molar-refractivity contribution in [1.82, 2.24) is 14.8 Å². The van der Waals surface area contributed by atoms with Gasteiger partial charge in [0, 0.05) is 18.0 Å². The van der Waals surface area contributed by atoms with E-state index in [2.05, 4.69) is 10.1 Å². The highest BCUT2D eigenvalue weighted by molar-refractivity contribution is 6.30. The van der Waals surface area contributed by atoms with Crippen LogP contribution in [0.1, 0.15) is 11.3 Å².